The van der Waals surface area contributed by atoms with E-state index in [1.165, 1.54) is 0 Å². The molecular weight excluding hydrogens is 338 g/mol. The molecule has 1 fully saturated rings. The molecule has 0 spiro atoms. The maximum absolute atomic E-state index is 10.2. The molecule has 4 rings (SSSR count). The predicted octanol–water partition coefficient (Wildman–Crippen LogP) is 2.83. The summed E-state index contributed by atoms with van der Waals surface area (Å²) in [5.41, 5.74) is 2.46. The summed E-state index contributed by atoms with van der Waals surface area (Å²) < 4.78 is 0. The monoisotopic (exact) mass is 357 g/mol. The number of halogens is 1. The number of aromatic nitrogens is 4. The van der Waals surface area contributed by atoms with Gasteiger partial charge >= 0.3 is 0 Å². The molecular formula is C18H20ClN5O. The number of nitrogens with zero attached hydrogens (tertiary/aromatic N) is 4. The number of benzene rings is 1. The van der Waals surface area contributed by atoms with Crippen LogP contribution in [0.3, 0.4) is 0 Å². The number of fused-ring (bicyclic) bond motifs is 1. The van der Waals surface area contributed by atoms with E-state index in [1.807, 2.05) is 18.2 Å². The minimum absolute atomic E-state index is 0.132. The lowest BCUT2D eigenvalue weighted by Gasteiger charge is -2.42. The summed E-state index contributed by atoms with van der Waals surface area (Å²) in [7, 11) is 0. The zero-order valence-corrected chi connectivity index (χ0v) is 14.6. The molecule has 2 N–H and O–H groups in total. The van der Waals surface area contributed by atoms with Gasteiger partial charge < -0.3 is 15.0 Å². The minimum atomic E-state index is -0.208. The Balaban J connectivity index is 1.63. The van der Waals surface area contributed by atoms with E-state index < -0.39 is 0 Å². The normalized spacial score (nSPS) is 21.0. The summed E-state index contributed by atoms with van der Waals surface area (Å²) in [5, 5.41) is 10.9. The number of hydrogen-bond acceptors (Lipinski definition) is 5. The van der Waals surface area contributed by atoms with E-state index >= 15 is 0 Å². The molecule has 3 heterocycles. The van der Waals surface area contributed by atoms with Crippen LogP contribution >= 0.6 is 11.6 Å². The van der Waals surface area contributed by atoms with Crippen molar-refractivity contribution in [3.8, 4) is 0 Å². The van der Waals surface area contributed by atoms with Crippen molar-refractivity contribution < 1.29 is 5.11 Å². The van der Waals surface area contributed by atoms with Gasteiger partial charge in [-0.3, -0.25) is 0 Å². The van der Waals surface area contributed by atoms with E-state index in [9.17, 15) is 5.11 Å². The fraction of sp³-hybridized carbons (Fsp3) is 0.389. The molecule has 25 heavy (non-hydrogen) atoms. The number of H-pyrrole nitrogens is 1. The number of anilines is 1. The van der Waals surface area contributed by atoms with E-state index in [2.05, 4.69) is 30.9 Å². The number of aromatic amines is 1. The van der Waals surface area contributed by atoms with Crippen LogP contribution in [0.2, 0.25) is 5.02 Å². The molecule has 7 heteroatoms. The summed E-state index contributed by atoms with van der Waals surface area (Å²) in [6.45, 7) is 1.77. The van der Waals surface area contributed by atoms with Crippen LogP contribution in [0.4, 0.5) is 5.82 Å². The molecule has 0 radical (unpaired) electrons. The van der Waals surface area contributed by atoms with Crippen LogP contribution in [0, 0.1) is 5.41 Å². The number of rotatable bonds is 4. The third kappa shape index (κ3) is 3.19. The molecule has 1 aliphatic rings. The Bertz CT molecular complexity index is 883. The molecule has 0 saturated carbocycles. The van der Waals surface area contributed by atoms with E-state index in [1.54, 1.807) is 12.7 Å². The molecule has 1 unspecified atom stereocenters. The highest BCUT2D eigenvalue weighted by Gasteiger charge is 2.36. The highest BCUT2D eigenvalue weighted by atomic mass is 35.5. The maximum Gasteiger partial charge on any atom is 0.182 e. The van der Waals surface area contributed by atoms with Crippen LogP contribution in [-0.2, 0) is 6.42 Å². The van der Waals surface area contributed by atoms with Gasteiger partial charge in [-0.1, -0.05) is 23.7 Å². The Hall–Kier alpha value is -2.18. The Morgan fingerprint density at radius 1 is 1.28 bits per heavy atom. The van der Waals surface area contributed by atoms with Crippen LogP contribution in [0.1, 0.15) is 18.4 Å². The van der Waals surface area contributed by atoms with Crippen LogP contribution in [0.25, 0.3) is 11.2 Å². The smallest absolute Gasteiger partial charge is 0.182 e. The molecule has 0 aliphatic carbocycles. The summed E-state index contributed by atoms with van der Waals surface area (Å²) >= 11 is 6.13. The van der Waals surface area contributed by atoms with Gasteiger partial charge in [-0.25, -0.2) is 15.0 Å². The van der Waals surface area contributed by atoms with Gasteiger partial charge in [0, 0.05) is 23.5 Å². The molecule has 1 atom stereocenters. The highest BCUT2D eigenvalue weighted by Crippen LogP contribution is 2.36. The van der Waals surface area contributed by atoms with Crippen molar-refractivity contribution in [3.05, 3.63) is 47.5 Å². The van der Waals surface area contributed by atoms with Gasteiger partial charge in [-0.2, -0.15) is 0 Å². The largest absolute Gasteiger partial charge is 0.396 e. The van der Waals surface area contributed by atoms with Crippen molar-refractivity contribution in [2.24, 2.45) is 5.41 Å². The predicted molar refractivity (Wildman–Crippen MR) is 97.8 cm³/mol. The Kier molecular flexibility index (Phi) is 4.31. The quantitative estimate of drug-likeness (QED) is 0.750. The van der Waals surface area contributed by atoms with Gasteiger partial charge in [-0.15, -0.1) is 0 Å². The van der Waals surface area contributed by atoms with E-state index in [0.717, 1.165) is 54.3 Å². The van der Waals surface area contributed by atoms with Crippen molar-refractivity contribution in [2.75, 3.05) is 24.6 Å². The van der Waals surface area contributed by atoms with Crippen LogP contribution < -0.4 is 4.90 Å². The lowest BCUT2D eigenvalue weighted by Crippen LogP contribution is -2.47. The second-order valence-electron chi connectivity index (χ2n) is 6.79. The molecule has 3 aromatic rings. The van der Waals surface area contributed by atoms with Crippen LogP contribution in [0.5, 0.6) is 0 Å². The van der Waals surface area contributed by atoms with Gasteiger partial charge in [0.1, 0.15) is 11.8 Å². The number of aliphatic hydroxyl groups is 1. The number of nitrogens with one attached hydrogen (secondary N) is 1. The number of aliphatic hydroxyl groups excluding tert-OH is 1. The lowest BCUT2D eigenvalue weighted by atomic mass is 9.75. The topological polar surface area (TPSA) is 77.9 Å². The Morgan fingerprint density at radius 3 is 3.04 bits per heavy atom. The molecule has 0 bridgehead atoms. The zero-order valence-electron chi connectivity index (χ0n) is 13.8. The molecule has 130 valence electrons. The van der Waals surface area contributed by atoms with Gasteiger partial charge in [-0.05, 0) is 37.0 Å². The van der Waals surface area contributed by atoms with Crippen molar-refractivity contribution in [3.63, 3.8) is 0 Å². The van der Waals surface area contributed by atoms with Crippen molar-refractivity contribution >= 4 is 28.6 Å². The zero-order chi connectivity index (χ0) is 17.3. The third-order valence-corrected chi connectivity index (χ3v) is 5.20. The fourth-order valence-electron chi connectivity index (χ4n) is 3.79. The molecule has 1 aliphatic heterocycles. The molecule has 6 nitrogen and oxygen atoms in total. The van der Waals surface area contributed by atoms with Gasteiger partial charge in [0.15, 0.2) is 11.5 Å². The number of hydrogen-bond donors (Lipinski definition) is 2. The first kappa shape index (κ1) is 16.3. The summed E-state index contributed by atoms with van der Waals surface area (Å²) in [6, 6.07) is 7.89. The molecule has 1 saturated heterocycles. The standard InChI is InChI=1S/C18H20ClN5O/c19-14-4-1-3-13(7-14)8-18(10-25)5-2-6-24(9-18)17-15-16(21-11-20-15)22-12-23-17/h1,3-4,7,11-12,25H,2,5-6,8-10H2,(H,20,21,22,23). The molecule has 0 amide bonds. The second-order valence-corrected chi connectivity index (χ2v) is 7.22. The van der Waals surface area contributed by atoms with Crippen LogP contribution in [0.15, 0.2) is 36.9 Å². The summed E-state index contributed by atoms with van der Waals surface area (Å²) in [6.07, 6.45) is 5.95. The average Bonchev–Trinajstić information content (AvgIpc) is 3.10. The number of piperidine rings is 1. The lowest BCUT2D eigenvalue weighted by molar-refractivity contribution is 0.105. The maximum atomic E-state index is 10.2. The van der Waals surface area contributed by atoms with Gasteiger partial charge in [0.05, 0.1) is 12.9 Å². The van der Waals surface area contributed by atoms with Crippen molar-refractivity contribution in [1.82, 2.24) is 19.9 Å². The minimum Gasteiger partial charge on any atom is -0.396 e. The first-order valence-electron chi connectivity index (χ1n) is 8.43. The SMILES string of the molecule is OCC1(Cc2cccc(Cl)c2)CCCN(c2ncnc3nc[nH]c23)C1. The van der Waals surface area contributed by atoms with Gasteiger partial charge in [0.2, 0.25) is 0 Å². The highest BCUT2D eigenvalue weighted by molar-refractivity contribution is 6.30. The van der Waals surface area contributed by atoms with E-state index in [-0.39, 0.29) is 12.0 Å². The molecule has 2 aromatic heterocycles. The first-order chi connectivity index (χ1) is 12.2. The third-order valence-electron chi connectivity index (χ3n) is 4.97. The van der Waals surface area contributed by atoms with E-state index in [4.69, 9.17) is 11.6 Å². The van der Waals surface area contributed by atoms with E-state index in [0.29, 0.717) is 5.65 Å². The van der Waals surface area contributed by atoms with Crippen molar-refractivity contribution in [2.45, 2.75) is 19.3 Å². The fourth-order valence-corrected chi connectivity index (χ4v) is 4.00. The number of imidazole rings is 1. The van der Waals surface area contributed by atoms with Gasteiger partial charge in [0.25, 0.3) is 0 Å². The van der Waals surface area contributed by atoms with Crippen LogP contribution in [-0.4, -0.2) is 44.7 Å². The summed E-state index contributed by atoms with van der Waals surface area (Å²) in [4.78, 5) is 18.2. The average molecular weight is 358 g/mol. The molecule has 1 aromatic carbocycles. The Morgan fingerprint density at radius 2 is 2.20 bits per heavy atom. The Labute approximate surface area is 150 Å². The second kappa shape index (κ2) is 6.61. The first-order valence-corrected chi connectivity index (χ1v) is 8.81. The van der Waals surface area contributed by atoms with Crippen molar-refractivity contribution in [1.29, 1.82) is 0 Å². The summed E-state index contributed by atoms with van der Waals surface area (Å²) in [5.74, 6) is 0.853.